The highest BCUT2D eigenvalue weighted by molar-refractivity contribution is 7.90. The van der Waals surface area contributed by atoms with Crippen molar-refractivity contribution in [1.29, 1.82) is 0 Å². The highest BCUT2D eigenvalue weighted by Gasteiger charge is 2.21. The second kappa shape index (κ2) is 9.51. The van der Waals surface area contributed by atoms with Gasteiger partial charge in [-0.25, -0.2) is 13.2 Å². The van der Waals surface area contributed by atoms with Crippen LogP contribution in [0, 0.1) is 0 Å². The molecular weight excluding hydrogens is 402 g/mol. The molecule has 0 aromatic heterocycles. The zero-order chi connectivity index (χ0) is 21.7. The van der Waals surface area contributed by atoms with Crippen molar-refractivity contribution in [3.8, 4) is 16.9 Å². The van der Waals surface area contributed by atoms with Gasteiger partial charge >= 0.3 is 5.97 Å². The number of fused-ring (bicyclic) bond motifs is 3. The van der Waals surface area contributed by atoms with Gasteiger partial charge in [0.1, 0.15) is 15.6 Å². The van der Waals surface area contributed by atoms with Crippen LogP contribution in [0.1, 0.15) is 36.2 Å². The maximum absolute atomic E-state index is 12.3. The van der Waals surface area contributed by atoms with Gasteiger partial charge in [0, 0.05) is 30.6 Å². The number of likely N-dealkylation sites (N-methyl/N-ethyl adjacent to an activating group) is 1. The Morgan fingerprint density at radius 2 is 1.90 bits per heavy atom. The van der Waals surface area contributed by atoms with Crippen molar-refractivity contribution in [2.75, 3.05) is 43.2 Å². The normalized spacial score (nSPS) is 13.2. The minimum Gasteiger partial charge on any atom is -0.494 e. The van der Waals surface area contributed by atoms with E-state index in [1.54, 1.807) is 6.92 Å². The molecule has 2 aromatic carbocycles. The number of rotatable bonds is 8. The maximum Gasteiger partial charge on any atom is 0.338 e. The van der Waals surface area contributed by atoms with Gasteiger partial charge in [0.05, 0.1) is 24.5 Å². The third-order valence-corrected chi connectivity index (χ3v) is 6.21. The topological polar surface area (TPSA) is 72.9 Å². The molecule has 0 radical (unpaired) electrons. The van der Waals surface area contributed by atoms with Crippen molar-refractivity contribution in [1.82, 2.24) is 0 Å². The van der Waals surface area contributed by atoms with Gasteiger partial charge in [0.25, 0.3) is 0 Å². The minimum absolute atomic E-state index is 0.118. The van der Waals surface area contributed by atoms with E-state index >= 15 is 0 Å². The molecule has 1 aliphatic rings. The Morgan fingerprint density at radius 3 is 2.60 bits per heavy atom. The van der Waals surface area contributed by atoms with E-state index in [0.29, 0.717) is 25.2 Å². The van der Waals surface area contributed by atoms with Gasteiger partial charge in [-0.1, -0.05) is 6.07 Å². The molecule has 0 aliphatic carbocycles. The van der Waals surface area contributed by atoms with Crippen LogP contribution in [0.3, 0.4) is 0 Å². The fourth-order valence-corrected chi connectivity index (χ4v) is 4.36. The molecule has 0 fully saturated rings. The number of esters is 1. The molecule has 2 aromatic rings. The molecule has 1 aliphatic heterocycles. The summed E-state index contributed by atoms with van der Waals surface area (Å²) in [6.45, 7) is 6.35. The molecule has 0 amide bonds. The number of sulfone groups is 1. The summed E-state index contributed by atoms with van der Waals surface area (Å²) >= 11 is 0. The summed E-state index contributed by atoms with van der Waals surface area (Å²) in [6.07, 6.45) is 2.55. The van der Waals surface area contributed by atoms with Crippen molar-refractivity contribution in [3.05, 3.63) is 47.5 Å². The summed E-state index contributed by atoms with van der Waals surface area (Å²) in [5.74, 6) is 0.531. The number of ether oxygens (including phenoxy) is 2. The van der Waals surface area contributed by atoms with E-state index in [9.17, 15) is 13.2 Å². The average molecular weight is 432 g/mol. The Labute approximate surface area is 178 Å². The van der Waals surface area contributed by atoms with Gasteiger partial charge in [-0.15, -0.1) is 0 Å². The monoisotopic (exact) mass is 431 g/mol. The van der Waals surface area contributed by atoms with Crippen LogP contribution < -0.4 is 9.64 Å². The van der Waals surface area contributed by atoms with E-state index in [0.717, 1.165) is 47.6 Å². The molecule has 1 heterocycles. The zero-order valence-electron chi connectivity index (χ0n) is 17.8. The first-order valence-corrected chi connectivity index (χ1v) is 12.4. The Balaban J connectivity index is 1.89. The largest absolute Gasteiger partial charge is 0.494 e. The predicted octanol–water partition coefficient (Wildman–Crippen LogP) is 3.73. The molecule has 0 saturated heterocycles. The molecule has 6 nitrogen and oxygen atoms in total. The van der Waals surface area contributed by atoms with Crippen LogP contribution in [0.15, 0.2) is 36.4 Å². The van der Waals surface area contributed by atoms with Crippen LogP contribution in [0.25, 0.3) is 11.1 Å². The molecule has 162 valence electrons. The first-order valence-electron chi connectivity index (χ1n) is 10.3. The van der Waals surface area contributed by atoms with Crippen molar-refractivity contribution in [2.45, 2.75) is 26.7 Å². The lowest BCUT2D eigenvalue weighted by Crippen LogP contribution is -2.24. The zero-order valence-corrected chi connectivity index (χ0v) is 18.6. The number of nitrogens with zero attached hydrogens (tertiary/aromatic N) is 1. The Hall–Kier alpha value is -2.54. The highest BCUT2D eigenvalue weighted by Crippen LogP contribution is 2.38. The first kappa shape index (κ1) is 22.2. The van der Waals surface area contributed by atoms with Crippen LogP contribution in [0.5, 0.6) is 5.75 Å². The summed E-state index contributed by atoms with van der Waals surface area (Å²) in [5.41, 5.74) is 4.88. The summed E-state index contributed by atoms with van der Waals surface area (Å²) in [7, 11) is -2.98. The standard InChI is InChI=1S/C23H29NO5S/c1-4-24-12-11-17-15-19(29-13-6-14-30(3,26)27)8-9-20(17)21-16-18(7-10-22(21)24)23(25)28-5-2/h7-10,15-16H,4-6,11-14H2,1-3H3. The van der Waals surface area contributed by atoms with Crippen molar-refractivity contribution < 1.29 is 22.7 Å². The van der Waals surface area contributed by atoms with Crippen molar-refractivity contribution >= 4 is 21.5 Å². The Bertz CT molecular complexity index is 1020. The predicted molar refractivity (Wildman–Crippen MR) is 119 cm³/mol. The van der Waals surface area contributed by atoms with Gasteiger partial charge in [0.2, 0.25) is 0 Å². The fraction of sp³-hybridized carbons (Fsp3) is 0.435. The lowest BCUT2D eigenvalue weighted by atomic mass is 9.96. The van der Waals surface area contributed by atoms with Crippen LogP contribution in [-0.2, 0) is 21.0 Å². The van der Waals surface area contributed by atoms with E-state index < -0.39 is 9.84 Å². The number of hydrogen-bond acceptors (Lipinski definition) is 6. The molecule has 0 unspecified atom stereocenters. The summed E-state index contributed by atoms with van der Waals surface area (Å²) in [4.78, 5) is 14.6. The van der Waals surface area contributed by atoms with E-state index in [-0.39, 0.29) is 11.7 Å². The van der Waals surface area contributed by atoms with Gasteiger partial charge in [-0.3, -0.25) is 0 Å². The maximum atomic E-state index is 12.3. The molecule has 0 spiro atoms. The highest BCUT2D eigenvalue weighted by atomic mass is 32.2. The van der Waals surface area contributed by atoms with Crippen molar-refractivity contribution in [3.63, 3.8) is 0 Å². The number of carbonyl (C=O) groups excluding carboxylic acids is 1. The molecule has 0 bridgehead atoms. The van der Waals surface area contributed by atoms with E-state index in [1.165, 1.54) is 6.26 Å². The van der Waals surface area contributed by atoms with E-state index in [1.807, 2.05) is 36.4 Å². The number of carbonyl (C=O) groups is 1. The van der Waals surface area contributed by atoms with E-state index in [4.69, 9.17) is 9.47 Å². The smallest absolute Gasteiger partial charge is 0.338 e. The van der Waals surface area contributed by atoms with Crippen LogP contribution >= 0.6 is 0 Å². The Morgan fingerprint density at radius 1 is 1.10 bits per heavy atom. The minimum atomic E-state index is -2.98. The fourth-order valence-electron chi connectivity index (χ4n) is 3.71. The summed E-state index contributed by atoms with van der Waals surface area (Å²) < 4.78 is 33.5. The first-order chi connectivity index (χ1) is 14.3. The van der Waals surface area contributed by atoms with Crippen LogP contribution in [0.4, 0.5) is 5.69 Å². The average Bonchev–Trinajstić information content (AvgIpc) is 2.86. The summed E-state index contributed by atoms with van der Waals surface area (Å²) in [6, 6.07) is 11.7. The third kappa shape index (κ3) is 5.33. The summed E-state index contributed by atoms with van der Waals surface area (Å²) in [5, 5.41) is 0. The molecule has 3 rings (SSSR count). The molecular formula is C23H29NO5S. The molecule has 7 heteroatoms. The second-order valence-corrected chi connectivity index (χ2v) is 9.69. The van der Waals surface area contributed by atoms with Crippen molar-refractivity contribution in [2.24, 2.45) is 0 Å². The molecule has 0 N–H and O–H groups in total. The molecule has 30 heavy (non-hydrogen) atoms. The number of hydrogen-bond donors (Lipinski definition) is 0. The lowest BCUT2D eigenvalue weighted by Gasteiger charge is -2.23. The van der Waals surface area contributed by atoms with Gasteiger partial charge < -0.3 is 14.4 Å². The van der Waals surface area contributed by atoms with Gasteiger partial charge in [-0.05, 0) is 68.1 Å². The van der Waals surface area contributed by atoms with Gasteiger partial charge in [0.15, 0.2) is 0 Å². The number of anilines is 1. The third-order valence-electron chi connectivity index (χ3n) is 5.18. The van der Waals surface area contributed by atoms with Gasteiger partial charge in [-0.2, -0.15) is 0 Å². The quantitative estimate of drug-likeness (QED) is 0.468. The van der Waals surface area contributed by atoms with Crippen LogP contribution in [0.2, 0.25) is 0 Å². The van der Waals surface area contributed by atoms with Crippen LogP contribution in [-0.4, -0.2) is 52.7 Å². The SMILES string of the molecule is CCOC(=O)c1ccc2c(c1)-c1ccc(OCCCS(C)(=O)=O)cc1CCN2CC. The molecule has 0 saturated carbocycles. The molecule has 0 atom stereocenters. The lowest BCUT2D eigenvalue weighted by molar-refractivity contribution is 0.0526. The second-order valence-electron chi connectivity index (χ2n) is 7.43. The number of benzene rings is 2. The van der Waals surface area contributed by atoms with E-state index in [2.05, 4.69) is 11.8 Å². The Kier molecular flexibility index (Phi) is 7.02.